The zero-order chi connectivity index (χ0) is 9.14. The monoisotopic (exact) mass is 231 g/mol. The molecule has 0 saturated heterocycles. The minimum Gasteiger partial charge on any atom is -0.313 e. The van der Waals surface area contributed by atoms with Crippen LogP contribution >= 0.6 is 15.9 Å². The predicted octanol–water partition coefficient (Wildman–Crippen LogP) is 2.87. The highest BCUT2D eigenvalue weighted by molar-refractivity contribution is 9.10. The van der Waals surface area contributed by atoms with Gasteiger partial charge in [0.1, 0.15) is 5.82 Å². The lowest BCUT2D eigenvalue weighted by atomic mass is 10.1. The van der Waals surface area contributed by atoms with Gasteiger partial charge in [0, 0.05) is 16.1 Å². The fourth-order valence-electron chi connectivity index (χ4n) is 1.00. The fourth-order valence-corrected chi connectivity index (χ4v) is 1.38. The average molecular weight is 232 g/mol. The lowest BCUT2D eigenvalue weighted by molar-refractivity contribution is 0.561. The first kappa shape index (κ1) is 9.68. The Kier molecular flexibility index (Phi) is 3.23. The molecule has 1 nitrogen and oxygen atoms in total. The van der Waals surface area contributed by atoms with Crippen LogP contribution in [-0.4, -0.2) is 7.05 Å². The minimum atomic E-state index is -0.167. The first-order chi connectivity index (χ1) is 5.65. The van der Waals surface area contributed by atoms with Crippen molar-refractivity contribution >= 4 is 15.9 Å². The molecule has 12 heavy (non-hydrogen) atoms. The van der Waals surface area contributed by atoms with Crippen LogP contribution in [0.4, 0.5) is 4.39 Å². The largest absolute Gasteiger partial charge is 0.313 e. The molecule has 0 spiro atoms. The molecule has 0 aromatic heterocycles. The normalized spacial score (nSPS) is 13.0. The Morgan fingerprint density at radius 2 is 2.17 bits per heavy atom. The third kappa shape index (κ3) is 2.05. The Hall–Kier alpha value is -0.410. The van der Waals surface area contributed by atoms with Gasteiger partial charge in [0.25, 0.3) is 0 Å². The summed E-state index contributed by atoms with van der Waals surface area (Å²) in [5, 5.41) is 2.99. The molecule has 0 aliphatic heterocycles. The second-order valence-corrected chi connectivity index (χ2v) is 3.59. The Balaban J connectivity index is 3.04. The Bertz CT molecular complexity index is 275. The van der Waals surface area contributed by atoms with Gasteiger partial charge in [-0.25, -0.2) is 4.39 Å². The van der Waals surface area contributed by atoms with E-state index in [1.54, 1.807) is 12.1 Å². The van der Waals surface area contributed by atoms with E-state index in [-0.39, 0.29) is 11.9 Å². The van der Waals surface area contributed by atoms with Crippen LogP contribution in [0.25, 0.3) is 0 Å². The van der Waals surface area contributed by atoms with Gasteiger partial charge in [0.05, 0.1) is 0 Å². The van der Waals surface area contributed by atoms with Crippen molar-refractivity contribution in [2.45, 2.75) is 13.0 Å². The molecule has 0 aliphatic carbocycles. The third-order valence-electron chi connectivity index (χ3n) is 1.86. The van der Waals surface area contributed by atoms with Crippen LogP contribution in [0.15, 0.2) is 22.7 Å². The lowest BCUT2D eigenvalue weighted by Gasteiger charge is -2.11. The van der Waals surface area contributed by atoms with E-state index in [1.807, 2.05) is 14.0 Å². The smallest absolute Gasteiger partial charge is 0.128 e. The van der Waals surface area contributed by atoms with Gasteiger partial charge in [-0.3, -0.25) is 0 Å². The third-order valence-corrected chi connectivity index (χ3v) is 2.35. The summed E-state index contributed by atoms with van der Waals surface area (Å²) in [6.07, 6.45) is 0. The number of halogens is 2. The zero-order valence-electron chi connectivity index (χ0n) is 7.07. The molecule has 0 aliphatic rings. The van der Waals surface area contributed by atoms with Crippen molar-refractivity contribution in [2.75, 3.05) is 7.05 Å². The van der Waals surface area contributed by atoms with Crippen molar-refractivity contribution in [3.05, 3.63) is 34.1 Å². The maximum Gasteiger partial charge on any atom is 0.128 e. The molecule has 0 heterocycles. The second-order valence-electron chi connectivity index (χ2n) is 2.68. The number of hydrogen-bond donors (Lipinski definition) is 1. The summed E-state index contributed by atoms with van der Waals surface area (Å²) in [6.45, 7) is 1.92. The van der Waals surface area contributed by atoms with Crippen LogP contribution in [0.5, 0.6) is 0 Å². The van der Waals surface area contributed by atoms with Gasteiger partial charge in [0.2, 0.25) is 0 Å². The highest BCUT2D eigenvalue weighted by Crippen LogP contribution is 2.20. The van der Waals surface area contributed by atoms with Gasteiger partial charge in [0.15, 0.2) is 0 Å². The molecule has 0 saturated carbocycles. The SMILES string of the molecule is CNC(C)c1cc(Br)ccc1F. The topological polar surface area (TPSA) is 12.0 Å². The maximum atomic E-state index is 13.1. The molecule has 0 bridgehead atoms. The van der Waals surface area contributed by atoms with Crippen molar-refractivity contribution < 1.29 is 4.39 Å². The van der Waals surface area contributed by atoms with Crippen LogP contribution in [0.1, 0.15) is 18.5 Å². The number of nitrogens with one attached hydrogen (secondary N) is 1. The van der Waals surface area contributed by atoms with Crippen LogP contribution in [0, 0.1) is 5.82 Å². The molecule has 1 unspecified atom stereocenters. The van der Waals surface area contributed by atoms with Gasteiger partial charge in [-0.2, -0.15) is 0 Å². The van der Waals surface area contributed by atoms with Gasteiger partial charge in [-0.15, -0.1) is 0 Å². The molecular formula is C9H11BrFN. The first-order valence-corrected chi connectivity index (χ1v) is 4.56. The summed E-state index contributed by atoms with van der Waals surface area (Å²) < 4.78 is 14.0. The number of hydrogen-bond acceptors (Lipinski definition) is 1. The fraction of sp³-hybridized carbons (Fsp3) is 0.333. The molecule has 1 N–H and O–H groups in total. The van der Waals surface area contributed by atoms with Crippen LogP contribution in [0.3, 0.4) is 0 Å². The molecule has 0 radical (unpaired) electrons. The number of rotatable bonds is 2. The highest BCUT2D eigenvalue weighted by Gasteiger charge is 2.08. The van der Waals surface area contributed by atoms with Gasteiger partial charge >= 0.3 is 0 Å². The van der Waals surface area contributed by atoms with E-state index in [9.17, 15) is 4.39 Å². The van der Waals surface area contributed by atoms with Gasteiger partial charge in [-0.1, -0.05) is 15.9 Å². The van der Waals surface area contributed by atoms with Crippen LogP contribution in [0.2, 0.25) is 0 Å². The molecule has 1 aromatic carbocycles. The maximum absolute atomic E-state index is 13.1. The Morgan fingerprint density at radius 3 is 2.75 bits per heavy atom. The standard InChI is InChI=1S/C9H11BrFN/c1-6(12-2)8-5-7(10)3-4-9(8)11/h3-6,12H,1-2H3. The van der Waals surface area contributed by atoms with Gasteiger partial charge in [-0.05, 0) is 32.2 Å². The average Bonchev–Trinajstić information content (AvgIpc) is 2.08. The first-order valence-electron chi connectivity index (χ1n) is 3.77. The van der Waals surface area contributed by atoms with E-state index >= 15 is 0 Å². The minimum absolute atomic E-state index is 0.0440. The molecule has 3 heteroatoms. The Morgan fingerprint density at radius 1 is 1.50 bits per heavy atom. The summed E-state index contributed by atoms with van der Waals surface area (Å²) >= 11 is 3.30. The van der Waals surface area contributed by atoms with E-state index in [4.69, 9.17) is 0 Å². The molecule has 1 aromatic rings. The predicted molar refractivity (Wildman–Crippen MR) is 51.6 cm³/mol. The van der Waals surface area contributed by atoms with E-state index in [2.05, 4.69) is 21.2 Å². The second kappa shape index (κ2) is 4.01. The van der Waals surface area contributed by atoms with Crippen molar-refractivity contribution in [1.82, 2.24) is 5.32 Å². The van der Waals surface area contributed by atoms with E-state index in [0.717, 1.165) is 4.47 Å². The van der Waals surface area contributed by atoms with E-state index in [1.165, 1.54) is 6.07 Å². The quantitative estimate of drug-likeness (QED) is 0.826. The molecule has 0 fully saturated rings. The summed E-state index contributed by atoms with van der Waals surface area (Å²) in [5.41, 5.74) is 0.687. The summed E-state index contributed by atoms with van der Waals surface area (Å²) in [6, 6.07) is 4.99. The van der Waals surface area contributed by atoms with Crippen molar-refractivity contribution in [2.24, 2.45) is 0 Å². The molecule has 66 valence electrons. The summed E-state index contributed by atoms with van der Waals surface area (Å²) in [4.78, 5) is 0. The van der Waals surface area contributed by atoms with E-state index in [0.29, 0.717) is 5.56 Å². The van der Waals surface area contributed by atoms with E-state index < -0.39 is 0 Å². The van der Waals surface area contributed by atoms with Gasteiger partial charge < -0.3 is 5.32 Å². The van der Waals surface area contributed by atoms with Crippen molar-refractivity contribution in [3.8, 4) is 0 Å². The molecule has 1 rings (SSSR count). The summed E-state index contributed by atoms with van der Waals surface area (Å²) in [5.74, 6) is -0.167. The lowest BCUT2D eigenvalue weighted by Crippen LogP contribution is -2.13. The van der Waals surface area contributed by atoms with Crippen LogP contribution in [-0.2, 0) is 0 Å². The molecule has 0 amide bonds. The van der Waals surface area contributed by atoms with Crippen LogP contribution < -0.4 is 5.32 Å². The van der Waals surface area contributed by atoms with Crippen molar-refractivity contribution in [3.63, 3.8) is 0 Å². The highest BCUT2D eigenvalue weighted by atomic mass is 79.9. The summed E-state index contributed by atoms with van der Waals surface area (Å²) in [7, 11) is 1.81. The molecule has 1 atom stereocenters. The number of benzene rings is 1. The molecular weight excluding hydrogens is 221 g/mol. The van der Waals surface area contributed by atoms with Crippen molar-refractivity contribution in [1.29, 1.82) is 0 Å². The Labute approximate surface area is 80.1 Å². The zero-order valence-corrected chi connectivity index (χ0v) is 8.65.